The van der Waals surface area contributed by atoms with Crippen molar-refractivity contribution in [3.8, 4) is 0 Å². The van der Waals surface area contributed by atoms with Gasteiger partial charge in [-0.1, -0.05) is 32.4 Å². The SMILES string of the molecule is CCC(=O)OC1CC[C@H]2[C@@H]3CC=C4CC(O)CC[C@]4(C)[C@H]3CC[C@]12C. The second-order valence-corrected chi connectivity index (χ2v) is 9.61. The molecule has 4 aliphatic rings. The molecule has 3 nitrogen and oxygen atoms in total. The molecule has 0 heterocycles. The maximum Gasteiger partial charge on any atom is 0.305 e. The molecule has 0 aromatic heterocycles. The van der Waals surface area contributed by atoms with Crippen LogP contribution >= 0.6 is 0 Å². The highest BCUT2D eigenvalue weighted by Gasteiger charge is 2.59. The number of ether oxygens (including phenoxy) is 1. The molecule has 3 heteroatoms. The van der Waals surface area contributed by atoms with Gasteiger partial charge < -0.3 is 9.84 Å². The van der Waals surface area contributed by atoms with Gasteiger partial charge in [0.25, 0.3) is 0 Å². The van der Waals surface area contributed by atoms with E-state index in [9.17, 15) is 9.90 Å². The van der Waals surface area contributed by atoms with E-state index in [1.807, 2.05) is 6.92 Å². The van der Waals surface area contributed by atoms with E-state index in [4.69, 9.17) is 4.74 Å². The maximum atomic E-state index is 11.9. The number of esters is 1. The molecule has 1 N–H and O–H groups in total. The third kappa shape index (κ3) is 2.60. The summed E-state index contributed by atoms with van der Waals surface area (Å²) in [5, 5.41) is 10.1. The fraction of sp³-hybridized carbons (Fsp3) is 0.864. The lowest BCUT2D eigenvalue weighted by atomic mass is 9.48. The molecule has 4 aliphatic carbocycles. The number of rotatable bonds is 2. The summed E-state index contributed by atoms with van der Waals surface area (Å²) in [5.41, 5.74) is 1.99. The second kappa shape index (κ2) is 6.11. The van der Waals surface area contributed by atoms with Crippen LogP contribution in [0.3, 0.4) is 0 Å². The first-order chi connectivity index (χ1) is 11.9. The number of aliphatic hydroxyl groups is 1. The minimum atomic E-state index is -0.131. The summed E-state index contributed by atoms with van der Waals surface area (Å²) in [6.45, 7) is 6.74. The van der Waals surface area contributed by atoms with Crippen LogP contribution in [-0.4, -0.2) is 23.3 Å². The average Bonchev–Trinajstić information content (AvgIpc) is 2.92. The fourth-order valence-electron chi connectivity index (χ4n) is 7.03. The van der Waals surface area contributed by atoms with Gasteiger partial charge >= 0.3 is 5.97 Å². The normalized spacial score (nSPS) is 48.8. The van der Waals surface area contributed by atoms with Gasteiger partial charge in [-0.15, -0.1) is 0 Å². The van der Waals surface area contributed by atoms with Crippen molar-refractivity contribution in [2.45, 2.75) is 90.8 Å². The molecule has 0 aliphatic heterocycles. The summed E-state index contributed by atoms with van der Waals surface area (Å²) in [5.74, 6) is 2.13. The van der Waals surface area contributed by atoms with Gasteiger partial charge in [0.1, 0.15) is 6.10 Å². The Balaban J connectivity index is 1.59. The molecule has 0 aromatic carbocycles. The molecule has 3 fully saturated rings. The number of allylic oxidation sites excluding steroid dienone is 1. The van der Waals surface area contributed by atoms with E-state index in [-0.39, 0.29) is 23.6 Å². The molecule has 3 saturated carbocycles. The van der Waals surface area contributed by atoms with Crippen LogP contribution in [0.25, 0.3) is 0 Å². The Labute approximate surface area is 152 Å². The largest absolute Gasteiger partial charge is 0.462 e. The number of carbonyl (C=O) groups is 1. The average molecular weight is 347 g/mol. The molecule has 0 aromatic rings. The van der Waals surface area contributed by atoms with Crippen LogP contribution in [0, 0.1) is 28.6 Å². The first-order valence-corrected chi connectivity index (χ1v) is 10.5. The smallest absolute Gasteiger partial charge is 0.305 e. The zero-order chi connectivity index (χ0) is 17.8. The molecule has 25 heavy (non-hydrogen) atoms. The predicted molar refractivity (Wildman–Crippen MR) is 97.9 cm³/mol. The van der Waals surface area contributed by atoms with Gasteiger partial charge in [-0.25, -0.2) is 0 Å². The monoisotopic (exact) mass is 346 g/mol. The van der Waals surface area contributed by atoms with Gasteiger partial charge in [0.05, 0.1) is 6.10 Å². The summed E-state index contributed by atoms with van der Waals surface area (Å²) < 4.78 is 5.87. The number of carbonyl (C=O) groups excluding carboxylic acids is 1. The third-order valence-electron chi connectivity index (χ3n) is 8.55. The number of hydrogen-bond donors (Lipinski definition) is 1. The number of aliphatic hydroxyl groups excluding tert-OH is 1. The highest BCUT2D eigenvalue weighted by atomic mass is 16.5. The van der Waals surface area contributed by atoms with E-state index in [0.717, 1.165) is 43.9 Å². The van der Waals surface area contributed by atoms with Crippen molar-refractivity contribution in [1.29, 1.82) is 0 Å². The molecule has 140 valence electrons. The van der Waals surface area contributed by atoms with Gasteiger partial charge in [-0.2, -0.15) is 0 Å². The Morgan fingerprint density at radius 2 is 2.00 bits per heavy atom. The summed E-state index contributed by atoms with van der Waals surface area (Å²) in [4.78, 5) is 11.9. The van der Waals surface area contributed by atoms with E-state index in [2.05, 4.69) is 19.9 Å². The molecular weight excluding hydrogens is 312 g/mol. The van der Waals surface area contributed by atoms with E-state index in [1.54, 1.807) is 0 Å². The summed E-state index contributed by atoms with van der Waals surface area (Å²) >= 11 is 0. The zero-order valence-electron chi connectivity index (χ0n) is 16.1. The molecule has 0 radical (unpaired) electrons. The lowest BCUT2D eigenvalue weighted by Crippen LogP contribution is -2.51. The van der Waals surface area contributed by atoms with Crippen LogP contribution in [0.5, 0.6) is 0 Å². The van der Waals surface area contributed by atoms with Crippen LogP contribution in [-0.2, 0) is 9.53 Å². The lowest BCUT2D eigenvalue weighted by Gasteiger charge is -2.57. The molecule has 0 saturated heterocycles. The molecule has 2 unspecified atom stereocenters. The third-order valence-corrected chi connectivity index (χ3v) is 8.55. The molecule has 0 amide bonds. The summed E-state index contributed by atoms with van der Waals surface area (Å²) in [6.07, 6.45) is 11.8. The molecule has 7 atom stereocenters. The highest BCUT2D eigenvalue weighted by molar-refractivity contribution is 5.69. The van der Waals surface area contributed by atoms with Crippen LogP contribution in [0.4, 0.5) is 0 Å². The molecular formula is C22H34O3. The van der Waals surface area contributed by atoms with E-state index in [0.29, 0.717) is 17.8 Å². The van der Waals surface area contributed by atoms with Crippen molar-refractivity contribution in [3.05, 3.63) is 11.6 Å². The van der Waals surface area contributed by atoms with Crippen molar-refractivity contribution < 1.29 is 14.6 Å². The highest BCUT2D eigenvalue weighted by Crippen LogP contribution is 2.65. The Bertz CT molecular complexity index is 582. The van der Waals surface area contributed by atoms with E-state index < -0.39 is 0 Å². The van der Waals surface area contributed by atoms with Crippen LogP contribution in [0.1, 0.15) is 78.6 Å². The Morgan fingerprint density at radius 1 is 1.20 bits per heavy atom. The number of hydrogen-bond acceptors (Lipinski definition) is 3. The second-order valence-electron chi connectivity index (χ2n) is 9.61. The maximum absolute atomic E-state index is 11.9. The van der Waals surface area contributed by atoms with Crippen molar-refractivity contribution in [1.82, 2.24) is 0 Å². The molecule has 0 spiro atoms. The van der Waals surface area contributed by atoms with Crippen molar-refractivity contribution in [2.24, 2.45) is 28.6 Å². The van der Waals surface area contributed by atoms with Crippen molar-refractivity contribution in [2.75, 3.05) is 0 Å². The lowest BCUT2D eigenvalue weighted by molar-refractivity contribution is -0.159. The van der Waals surface area contributed by atoms with Crippen LogP contribution < -0.4 is 0 Å². The molecule has 4 rings (SSSR count). The topological polar surface area (TPSA) is 46.5 Å². The van der Waals surface area contributed by atoms with E-state index in [1.165, 1.54) is 24.8 Å². The van der Waals surface area contributed by atoms with Crippen LogP contribution in [0.2, 0.25) is 0 Å². The zero-order valence-corrected chi connectivity index (χ0v) is 16.1. The predicted octanol–water partition coefficient (Wildman–Crippen LogP) is 4.63. The van der Waals surface area contributed by atoms with Crippen molar-refractivity contribution in [3.63, 3.8) is 0 Å². The summed E-state index contributed by atoms with van der Waals surface area (Å²) in [7, 11) is 0. The Hall–Kier alpha value is -0.830. The van der Waals surface area contributed by atoms with Gasteiger partial charge in [-0.3, -0.25) is 4.79 Å². The summed E-state index contributed by atoms with van der Waals surface area (Å²) in [6, 6.07) is 0. The van der Waals surface area contributed by atoms with Gasteiger partial charge in [0.15, 0.2) is 0 Å². The van der Waals surface area contributed by atoms with E-state index >= 15 is 0 Å². The van der Waals surface area contributed by atoms with Gasteiger partial charge in [0.2, 0.25) is 0 Å². The first kappa shape index (κ1) is 17.6. The minimum Gasteiger partial charge on any atom is -0.462 e. The van der Waals surface area contributed by atoms with Gasteiger partial charge in [-0.05, 0) is 74.5 Å². The van der Waals surface area contributed by atoms with Gasteiger partial charge in [0, 0.05) is 11.8 Å². The Morgan fingerprint density at radius 3 is 2.76 bits per heavy atom. The van der Waals surface area contributed by atoms with Crippen molar-refractivity contribution >= 4 is 5.97 Å². The first-order valence-electron chi connectivity index (χ1n) is 10.5. The van der Waals surface area contributed by atoms with Crippen LogP contribution in [0.15, 0.2) is 11.6 Å². The molecule has 0 bridgehead atoms. The minimum absolute atomic E-state index is 0.0342. The quantitative estimate of drug-likeness (QED) is 0.585. The Kier molecular flexibility index (Phi) is 4.30. The number of fused-ring (bicyclic) bond motifs is 5. The fourth-order valence-corrected chi connectivity index (χ4v) is 7.03. The standard InChI is InChI=1S/C22H34O3/c1-4-20(24)25-19-8-7-17-16-6-5-14-13-15(23)9-11-21(14,2)18(16)10-12-22(17,19)3/h5,15-19,23H,4,6-13H2,1-3H3/t15?,16-,17-,18-,19?,21-,22-/m0/s1.